The van der Waals surface area contributed by atoms with E-state index in [1.54, 1.807) is 6.07 Å². The molecule has 9 atom stereocenters. The van der Waals surface area contributed by atoms with Crippen LogP contribution in [0, 0.1) is 0 Å². The molecule has 2 aromatic rings. The van der Waals surface area contributed by atoms with E-state index in [2.05, 4.69) is 12.2 Å². The first-order valence-electron chi connectivity index (χ1n) is 15.0. The molecule has 2 fully saturated rings. The van der Waals surface area contributed by atoms with Gasteiger partial charge in [0.15, 0.2) is 17.8 Å². The predicted octanol–water partition coefficient (Wildman–Crippen LogP) is 0.543. The van der Waals surface area contributed by atoms with E-state index >= 15 is 0 Å². The van der Waals surface area contributed by atoms with Crippen molar-refractivity contribution in [2.45, 2.75) is 87.4 Å². The largest absolute Gasteiger partial charge is 0.507 e. The van der Waals surface area contributed by atoms with E-state index in [-0.39, 0.29) is 23.0 Å². The van der Waals surface area contributed by atoms with Crippen molar-refractivity contribution in [3.05, 3.63) is 47.5 Å². The van der Waals surface area contributed by atoms with Crippen LogP contribution in [-0.2, 0) is 27.1 Å². The summed E-state index contributed by atoms with van der Waals surface area (Å²) < 4.78 is 34.5. The number of aryl methyl sites for hydroxylation is 2. The second-order valence-corrected chi connectivity index (χ2v) is 11.4. The van der Waals surface area contributed by atoms with Gasteiger partial charge in [-0.1, -0.05) is 18.2 Å². The number of ether oxygens (including phenoxy) is 6. The fourth-order valence-electron chi connectivity index (χ4n) is 5.89. The first kappa shape index (κ1) is 33.4. The third-order valence-corrected chi connectivity index (χ3v) is 8.44. The Bertz CT molecular complexity index is 1330. The average molecular weight is 635 g/mol. The van der Waals surface area contributed by atoms with Gasteiger partial charge in [-0.25, -0.2) is 0 Å². The minimum Gasteiger partial charge on any atom is -0.507 e. The highest BCUT2D eigenvalue weighted by atomic mass is 16.7. The quantitative estimate of drug-likeness (QED) is 0.199. The SMILES string of the molecule is COc1c2cc(c(O[C@@H]3O[C@H](CO[C@@H]4O[C@@H](CO)[C@H](O)[C@H]4O)[C@@H](O)[C@H](O)[C@H]3O)c1OC)CCC/C=C/CCc1ccc(O)c-2c1. The number of methoxy groups -OCH3 is 2. The number of phenols is 1. The van der Waals surface area contributed by atoms with Crippen LogP contribution in [0.3, 0.4) is 0 Å². The number of aliphatic hydroxyl groups excluding tert-OH is 6. The first-order chi connectivity index (χ1) is 21.7. The Morgan fingerprint density at radius 3 is 2.13 bits per heavy atom. The van der Waals surface area contributed by atoms with Crippen molar-refractivity contribution in [1.82, 2.24) is 0 Å². The summed E-state index contributed by atoms with van der Waals surface area (Å²) in [6.07, 6.45) is -5.09. The van der Waals surface area contributed by atoms with Gasteiger partial charge >= 0.3 is 0 Å². The van der Waals surface area contributed by atoms with Crippen LogP contribution in [0.15, 0.2) is 36.4 Å². The molecule has 2 heterocycles. The summed E-state index contributed by atoms with van der Waals surface area (Å²) in [7, 11) is 2.89. The molecule has 0 aromatic heterocycles. The van der Waals surface area contributed by atoms with Crippen LogP contribution in [0.2, 0.25) is 0 Å². The molecule has 2 saturated heterocycles. The zero-order valence-electron chi connectivity index (χ0n) is 25.2. The maximum atomic E-state index is 10.9. The molecule has 3 aliphatic rings. The lowest BCUT2D eigenvalue weighted by atomic mass is 9.95. The minimum atomic E-state index is -1.70. The van der Waals surface area contributed by atoms with Gasteiger partial charge in [0.05, 0.1) is 27.4 Å². The lowest BCUT2D eigenvalue weighted by molar-refractivity contribution is -0.290. The molecule has 13 heteroatoms. The lowest BCUT2D eigenvalue weighted by Gasteiger charge is -2.40. The fourth-order valence-corrected chi connectivity index (χ4v) is 5.89. The summed E-state index contributed by atoms with van der Waals surface area (Å²) in [5, 5.41) is 72.7. The molecular weight excluding hydrogens is 592 g/mol. The summed E-state index contributed by atoms with van der Waals surface area (Å²) in [5.41, 5.74) is 2.82. The monoisotopic (exact) mass is 634 g/mol. The Kier molecular flexibility index (Phi) is 10.9. The molecule has 0 unspecified atom stereocenters. The average Bonchev–Trinajstić information content (AvgIpc) is 3.32. The molecule has 2 aromatic carbocycles. The Balaban J connectivity index is 1.47. The Hall–Kier alpha value is -2.98. The van der Waals surface area contributed by atoms with Crippen molar-refractivity contribution in [1.29, 1.82) is 0 Å². The van der Waals surface area contributed by atoms with Crippen LogP contribution in [0.5, 0.6) is 23.0 Å². The van der Waals surface area contributed by atoms with Crippen molar-refractivity contribution in [3.8, 4) is 34.1 Å². The van der Waals surface area contributed by atoms with Gasteiger partial charge in [0.1, 0.15) is 48.5 Å². The summed E-state index contributed by atoms with van der Waals surface area (Å²) >= 11 is 0. The number of benzene rings is 2. The van der Waals surface area contributed by atoms with E-state index < -0.39 is 68.5 Å². The van der Waals surface area contributed by atoms with Gasteiger partial charge in [0.25, 0.3) is 0 Å². The number of phenolic OH excluding ortho intramolecular Hbond substituents is 1. The Morgan fingerprint density at radius 2 is 1.42 bits per heavy atom. The van der Waals surface area contributed by atoms with E-state index in [1.165, 1.54) is 14.2 Å². The second kappa shape index (κ2) is 14.6. The number of fused-ring (bicyclic) bond motifs is 5. The summed E-state index contributed by atoms with van der Waals surface area (Å²) in [6.45, 7) is -0.971. The van der Waals surface area contributed by atoms with Crippen LogP contribution in [0.4, 0.5) is 0 Å². The maximum Gasteiger partial charge on any atom is 0.229 e. The third kappa shape index (κ3) is 6.92. The molecule has 248 valence electrons. The van der Waals surface area contributed by atoms with E-state index in [1.807, 2.05) is 18.2 Å². The maximum absolute atomic E-state index is 10.9. The van der Waals surface area contributed by atoms with Crippen LogP contribution in [-0.4, -0.2) is 118 Å². The number of rotatable bonds is 8. The van der Waals surface area contributed by atoms with Gasteiger partial charge in [-0.3, -0.25) is 0 Å². The third-order valence-electron chi connectivity index (χ3n) is 8.44. The second-order valence-electron chi connectivity index (χ2n) is 11.4. The smallest absolute Gasteiger partial charge is 0.229 e. The van der Waals surface area contributed by atoms with E-state index in [4.69, 9.17) is 28.4 Å². The van der Waals surface area contributed by atoms with Gasteiger partial charge in [-0.05, 0) is 61.4 Å². The molecular formula is C32H42O13. The minimum absolute atomic E-state index is 0.0595. The summed E-state index contributed by atoms with van der Waals surface area (Å²) in [5.74, 6) is 0.690. The standard InChI is InChI=1S/C32H42O13/c1-40-29-19-13-17(9-7-5-3-4-6-8-16-10-11-20(34)18(19)12-16)28(30(29)41-2)45-32-27(39)25(37)24(36)22(44-32)15-42-31-26(38)23(35)21(14-33)43-31/h3-4,10-13,21-27,31-39H,5-9,14-15H2,1-2H3/b4-3+/t21-,22+,23-,24+,25-,26+,27+,31+,32-/m0/s1. The molecule has 1 aliphatic carbocycles. The highest BCUT2D eigenvalue weighted by molar-refractivity contribution is 5.81. The van der Waals surface area contributed by atoms with Crippen molar-refractivity contribution in [2.75, 3.05) is 27.4 Å². The van der Waals surface area contributed by atoms with Gasteiger partial charge < -0.3 is 64.2 Å². The van der Waals surface area contributed by atoms with Crippen molar-refractivity contribution < 1.29 is 64.2 Å². The molecule has 0 spiro atoms. The number of allylic oxidation sites excluding steroid dienone is 2. The molecule has 4 bridgehead atoms. The molecule has 5 rings (SSSR count). The number of aliphatic hydroxyl groups is 6. The molecule has 2 aliphatic heterocycles. The van der Waals surface area contributed by atoms with E-state index in [0.717, 1.165) is 31.2 Å². The highest BCUT2D eigenvalue weighted by Gasteiger charge is 2.48. The zero-order chi connectivity index (χ0) is 32.2. The molecule has 0 saturated carbocycles. The Morgan fingerprint density at radius 1 is 0.733 bits per heavy atom. The lowest BCUT2D eigenvalue weighted by Crippen LogP contribution is -2.60. The van der Waals surface area contributed by atoms with E-state index in [9.17, 15) is 35.7 Å². The Labute approximate surface area is 260 Å². The van der Waals surface area contributed by atoms with Gasteiger partial charge in [-0.15, -0.1) is 0 Å². The number of aromatic hydroxyl groups is 1. The topological polar surface area (TPSA) is 197 Å². The summed E-state index contributed by atoms with van der Waals surface area (Å²) in [4.78, 5) is 0. The van der Waals surface area contributed by atoms with Gasteiger partial charge in [0, 0.05) is 11.1 Å². The summed E-state index contributed by atoms with van der Waals surface area (Å²) in [6, 6.07) is 7.26. The van der Waals surface area contributed by atoms with Crippen LogP contribution in [0.25, 0.3) is 11.1 Å². The zero-order valence-corrected chi connectivity index (χ0v) is 25.2. The highest BCUT2D eigenvalue weighted by Crippen LogP contribution is 2.50. The van der Waals surface area contributed by atoms with Crippen LogP contribution >= 0.6 is 0 Å². The molecule has 0 radical (unpaired) electrons. The molecule has 7 N–H and O–H groups in total. The van der Waals surface area contributed by atoms with Crippen LogP contribution in [0.1, 0.15) is 30.4 Å². The first-order valence-corrected chi connectivity index (χ1v) is 15.0. The molecule has 13 nitrogen and oxygen atoms in total. The van der Waals surface area contributed by atoms with Crippen molar-refractivity contribution in [2.24, 2.45) is 0 Å². The van der Waals surface area contributed by atoms with Crippen LogP contribution < -0.4 is 14.2 Å². The normalized spacial score (nSPS) is 32.6. The van der Waals surface area contributed by atoms with Gasteiger partial charge in [0.2, 0.25) is 12.0 Å². The van der Waals surface area contributed by atoms with Gasteiger partial charge in [-0.2, -0.15) is 0 Å². The van der Waals surface area contributed by atoms with Crippen molar-refractivity contribution in [3.63, 3.8) is 0 Å². The molecule has 45 heavy (non-hydrogen) atoms. The predicted molar refractivity (Wildman–Crippen MR) is 158 cm³/mol. The number of hydrogen-bond donors (Lipinski definition) is 7. The van der Waals surface area contributed by atoms with E-state index in [0.29, 0.717) is 23.1 Å². The molecule has 0 amide bonds. The van der Waals surface area contributed by atoms with Crippen molar-refractivity contribution >= 4 is 0 Å². The fraction of sp³-hybridized carbons (Fsp3) is 0.562. The number of hydrogen-bond acceptors (Lipinski definition) is 13.